The van der Waals surface area contributed by atoms with E-state index in [1.54, 1.807) is 36.7 Å². The first-order valence-electron chi connectivity index (χ1n) is 5.33. The minimum atomic E-state index is -0.122. The van der Waals surface area contributed by atoms with E-state index in [4.69, 9.17) is 5.73 Å². The number of aromatic nitrogens is 2. The van der Waals surface area contributed by atoms with Crippen LogP contribution in [0.15, 0.2) is 6.07 Å². The zero-order valence-electron chi connectivity index (χ0n) is 10.6. The van der Waals surface area contributed by atoms with Crippen LogP contribution in [0.25, 0.3) is 0 Å². The summed E-state index contributed by atoms with van der Waals surface area (Å²) in [5.74, 6) is 0.907. The Morgan fingerprint density at radius 1 is 1.59 bits per heavy atom. The van der Waals surface area contributed by atoms with Crippen molar-refractivity contribution in [3.8, 4) is 0 Å². The van der Waals surface area contributed by atoms with Crippen LogP contribution in [0.3, 0.4) is 0 Å². The summed E-state index contributed by atoms with van der Waals surface area (Å²) in [6, 6.07) is 1.81. The van der Waals surface area contributed by atoms with E-state index in [1.165, 1.54) is 0 Å². The minimum Gasteiger partial charge on any atom is -0.368 e. The van der Waals surface area contributed by atoms with Gasteiger partial charge in [0.2, 0.25) is 5.95 Å². The van der Waals surface area contributed by atoms with Crippen LogP contribution in [0.1, 0.15) is 23.1 Å². The summed E-state index contributed by atoms with van der Waals surface area (Å²) in [7, 11) is 1.77. The number of aryl methyl sites for hydroxylation is 1. The van der Waals surface area contributed by atoms with Crippen LogP contribution >= 0.6 is 11.8 Å². The maximum atomic E-state index is 12.1. The van der Waals surface area contributed by atoms with Crippen molar-refractivity contribution in [2.24, 2.45) is 0 Å². The fourth-order valence-corrected chi connectivity index (χ4v) is 2.14. The fourth-order valence-electron chi connectivity index (χ4n) is 1.43. The quantitative estimate of drug-likeness (QED) is 0.874. The number of anilines is 1. The van der Waals surface area contributed by atoms with E-state index < -0.39 is 0 Å². The van der Waals surface area contributed by atoms with E-state index in [2.05, 4.69) is 9.97 Å². The lowest BCUT2D eigenvalue weighted by atomic mass is 10.2. The number of carbonyl (C=O) groups excluding carboxylic acids is 1. The molecule has 0 bridgehead atoms. The number of carbonyl (C=O) groups is 1. The van der Waals surface area contributed by atoms with Crippen molar-refractivity contribution in [3.05, 3.63) is 17.5 Å². The van der Waals surface area contributed by atoms with Gasteiger partial charge in [0.15, 0.2) is 0 Å². The van der Waals surface area contributed by atoms with Gasteiger partial charge in [-0.15, -0.1) is 0 Å². The van der Waals surface area contributed by atoms with E-state index >= 15 is 0 Å². The molecule has 0 saturated carbocycles. The summed E-state index contributed by atoms with van der Waals surface area (Å²) < 4.78 is 0. The fraction of sp³-hybridized carbons (Fsp3) is 0.545. The maximum absolute atomic E-state index is 12.1. The lowest BCUT2D eigenvalue weighted by Gasteiger charge is -2.24. The Balaban J connectivity index is 2.88. The minimum absolute atomic E-state index is 0.122. The van der Waals surface area contributed by atoms with Crippen molar-refractivity contribution < 1.29 is 4.79 Å². The number of hydrogen-bond donors (Lipinski definition) is 1. The molecule has 1 unspecified atom stereocenters. The number of thioether (sulfide) groups is 1. The topological polar surface area (TPSA) is 72.1 Å². The first kappa shape index (κ1) is 13.8. The summed E-state index contributed by atoms with van der Waals surface area (Å²) in [5.41, 5.74) is 6.59. The lowest BCUT2D eigenvalue weighted by molar-refractivity contribution is 0.0751. The largest absolute Gasteiger partial charge is 0.368 e. The van der Waals surface area contributed by atoms with Gasteiger partial charge < -0.3 is 10.6 Å². The number of hydrogen-bond acceptors (Lipinski definition) is 5. The molecule has 94 valence electrons. The molecule has 0 spiro atoms. The molecule has 1 amide bonds. The number of nitrogen functional groups attached to an aromatic ring is 1. The molecule has 1 aromatic heterocycles. The van der Waals surface area contributed by atoms with E-state index in [1.807, 2.05) is 13.2 Å². The number of nitrogens with two attached hydrogens (primary N) is 1. The molecule has 0 radical (unpaired) electrons. The van der Waals surface area contributed by atoms with Crippen LogP contribution in [0.5, 0.6) is 0 Å². The summed E-state index contributed by atoms with van der Waals surface area (Å²) in [4.78, 5) is 21.7. The van der Waals surface area contributed by atoms with Crippen molar-refractivity contribution in [1.29, 1.82) is 0 Å². The van der Waals surface area contributed by atoms with Crippen molar-refractivity contribution in [2.45, 2.75) is 19.9 Å². The van der Waals surface area contributed by atoms with Crippen LogP contribution in [0, 0.1) is 6.92 Å². The van der Waals surface area contributed by atoms with Gasteiger partial charge in [0.05, 0.1) is 0 Å². The first-order chi connectivity index (χ1) is 7.95. The summed E-state index contributed by atoms with van der Waals surface area (Å²) >= 11 is 1.71. The third-order valence-corrected chi connectivity index (χ3v) is 3.30. The third-order valence-electron chi connectivity index (χ3n) is 2.48. The van der Waals surface area contributed by atoms with Gasteiger partial charge in [-0.1, -0.05) is 0 Å². The molecule has 1 atom stereocenters. The molecule has 1 rings (SSSR count). The zero-order chi connectivity index (χ0) is 13.0. The Morgan fingerprint density at radius 3 is 2.76 bits per heavy atom. The standard InChI is InChI=1S/C11H18N4OS/c1-7-5-9(14-11(12)13-7)10(16)15(3)8(2)6-17-4/h5,8H,6H2,1-4H3,(H2,12,13,14). The second kappa shape index (κ2) is 5.86. The molecule has 1 aromatic rings. The highest BCUT2D eigenvalue weighted by Gasteiger charge is 2.19. The van der Waals surface area contributed by atoms with Gasteiger partial charge in [-0.2, -0.15) is 11.8 Å². The first-order valence-corrected chi connectivity index (χ1v) is 6.72. The highest BCUT2D eigenvalue weighted by Crippen LogP contribution is 2.09. The Morgan fingerprint density at radius 2 is 2.24 bits per heavy atom. The zero-order valence-corrected chi connectivity index (χ0v) is 11.4. The van der Waals surface area contributed by atoms with Gasteiger partial charge in [-0.05, 0) is 26.2 Å². The summed E-state index contributed by atoms with van der Waals surface area (Å²) in [6.45, 7) is 3.80. The Labute approximate surface area is 106 Å². The molecule has 0 aromatic carbocycles. The normalized spacial score (nSPS) is 12.2. The van der Waals surface area contributed by atoms with Crippen molar-refractivity contribution >= 4 is 23.6 Å². The Bertz CT molecular complexity index is 390. The highest BCUT2D eigenvalue weighted by atomic mass is 32.2. The van der Waals surface area contributed by atoms with Crippen LogP contribution in [0.2, 0.25) is 0 Å². The molecule has 0 aliphatic heterocycles. The highest BCUT2D eigenvalue weighted by molar-refractivity contribution is 7.98. The molecule has 2 N–H and O–H groups in total. The average molecular weight is 254 g/mol. The molecule has 0 fully saturated rings. The van der Waals surface area contributed by atoms with Crippen LogP contribution in [0.4, 0.5) is 5.95 Å². The second-order valence-corrected chi connectivity index (χ2v) is 4.88. The predicted octanol–water partition coefficient (Wildman–Crippen LogP) is 1.19. The number of amides is 1. The number of rotatable bonds is 4. The molecule has 17 heavy (non-hydrogen) atoms. The van der Waals surface area contributed by atoms with E-state index in [0.29, 0.717) is 11.4 Å². The molecule has 1 heterocycles. The number of nitrogens with zero attached hydrogens (tertiary/aromatic N) is 3. The van der Waals surface area contributed by atoms with Gasteiger partial charge in [0, 0.05) is 24.5 Å². The smallest absolute Gasteiger partial charge is 0.272 e. The second-order valence-electron chi connectivity index (χ2n) is 3.97. The van der Waals surface area contributed by atoms with E-state index in [9.17, 15) is 4.79 Å². The van der Waals surface area contributed by atoms with Gasteiger partial charge >= 0.3 is 0 Å². The molecule has 0 saturated heterocycles. The molecule has 0 aliphatic carbocycles. The molecule has 5 nitrogen and oxygen atoms in total. The van der Waals surface area contributed by atoms with E-state index in [0.717, 1.165) is 5.75 Å². The lowest BCUT2D eigenvalue weighted by Crippen LogP contribution is -2.37. The van der Waals surface area contributed by atoms with E-state index in [-0.39, 0.29) is 17.9 Å². The van der Waals surface area contributed by atoms with Crippen molar-refractivity contribution in [2.75, 3.05) is 24.8 Å². The SMILES string of the molecule is CSCC(C)N(C)C(=O)c1cc(C)nc(N)n1. The molecular weight excluding hydrogens is 236 g/mol. The maximum Gasteiger partial charge on any atom is 0.272 e. The third kappa shape index (κ3) is 3.59. The Hall–Kier alpha value is -1.30. The van der Waals surface area contributed by atoms with Crippen LogP contribution < -0.4 is 5.73 Å². The average Bonchev–Trinajstić information content (AvgIpc) is 2.26. The monoisotopic (exact) mass is 254 g/mol. The molecular formula is C11H18N4OS. The van der Waals surface area contributed by atoms with Gasteiger partial charge in [0.25, 0.3) is 5.91 Å². The van der Waals surface area contributed by atoms with Gasteiger partial charge in [0.1, 0.15) is 5.69 Å². The van der Waals surface area contributed by atoms with Crippen molar-refractivity contribution in [3.63, 3.8) is 0 Å². The van der Waals surface area contributed by atoms with Crippen LogP contribution in [-0.2, 0) is 0 Å². The molecule has 6 heteroatoms. The van der Waals surface area contributed by atoms with Gasteiger partial charge in [-0.25, -0.2) is 9.97 Å². The predicted molar refractivity (Wildman–Crippen MR) is 71.1 cm³/mol. The summed E-state index contributed by atoms with van der Waals surface area (Å²) in [6.07, 6.45) is 2.02. The van der Waals surface area contributed by atoms with Crippen molar-refractivity contribution in [1.82, 2.24) is 14.9 Å². The Kier molecular flexibility index (Phi) is 4.74. The summed E-state index contributed by atoms with van der Waals surface area (Å²) in [5, 5.41) is 0. The van der Waals surface area contributed by atoms with Gasteiger partial charge in [-0.3, -0.25) is 4.79 Å². The van der Waals surface area contributed by atoms with Crippen LogP contribution in [-0.4, -0.2) is 45.9 Å². The molecule has 0 aliphatic rings.